The fourth-order valence-corrected chi connectivity index (χ4v) is 3.22. The van der Waals surface area contributed by atoms with Crippen molar-refractivity contribution < 1.29 is 0 Å². The first-order valence-electron chi connectivity index (χ1n) is 8.55. The smallest absolute Gasteiger partial charge is 0.0598 e. The Hall–Kier alpha value is -1.09. The summed E-state index contributed by atoms with van der Waals surface area (Å²) in [6.07, 6.45) is 12.1. The summed E-state index contributed by atoms with van der Waals surface area (Å²) in [7, 11) is 2.25. The van der Waals surface area contributed by atoms with E-state index >= 15 is 0 Å². The lowest BCUT2D eigenvalue weighted by molar-refractivity contribution is 0.540. The van der Waals surface area contributed by atoms with Gasteiger partial charge in [-0.25, -0.2) is 0 Å². The van der Waals surface area contributed by atoms with Crippen LogP contribution in [0.5, 0.6) is 0 Å². The summed E-state index contributed by atoms with van der Waals surface area (Å²) in [6, 6.07) is 2.84. The van der Waals surface area contributed by atoms with Gasteiger partial charge in [0, 0.05) is 25.8 Å². The van der Waals surface area contributed by atoms with E-state index < -0.39 is 0 Å². The summed E-state index contributed by atoms with van der Waals surface area (Å²) in [5, 5.41) is 3.56. The van der Waals surface area contributed by atoms with Gasteiger partial charge in [-0.3, -0.25) is 4.98 Å². The van der Waals surface area contributed by atoms with Gasteiger partial charge in [0.05, 0.1) is 11.9 Å². The van der Waals surface area contributed by atoms with Crippen LogP contribution in [-0.4, -0.2) is 24.6 Å². The molecule has 0 atom stereocenters. The second-order valence-electron chi connectivity index (χ2n) is 6.79. The Bertz CT molecular complexity index is 409. The summed E-state index contributed by atoms with van der Waals surface area (Å²) in [4.78, 5) is 6.84. The molecule has 118 valence electrons. The maximum atomic E-state index is 4.36. The first-order valence-corrected chi connectivity index (χ1v) is 8.55. The molecular weight excluding hydrogens is 258 g/mol. The molecule has 0 spiro atoms. The number of hydrogen-bond donors (Lipinski definition) is 1. The van der Waals surface area contributed by atoms with E-state index in [9.17, 15) is 0 Å². The van der Waals surface area contributed by atoms with E-state index in [1.165, 1.54) is 49.8 Å². The number of aromatic nitrogens is 1. The number of rotatable bonds is 6. The largest absolute Gasteiger partial charge is 0.370 e. The minimum atomic E-state index is 0.681. The van der Waals surface area contributed by atoms with E-state index in [1.807, 2.05) is 12.4 Å². The Morgan fingerprint density at radius 3 is 2.62 bits per heavy atom. The fourth-order valence-electron chi connectivity index (χ4n) is 3.22. The second-order valence-corrected chi connectivity index (χ2v) is 6.79. The lowest BCUT2D eigenvalue weighted by atomic mass is 10.1. The van der Waals surface area contributed by atoms with Crippen molar-refractivity contribution in [2.75, 3.05) is 18.5 Å². The van der Waals surface area contributed by atoms with Crippen LogP contribution in [0.15, 0.2) is 18.5 Å². The van der Waals surface area contributed by atoms with E-state index in [2.05, 4.69) is 42.2 Å². The zero-order chi connectivity index (χ0) is 15.1. The van der Waals surface area contributed by atoms with E-state index in [0.29, 0.717) is 12.0 Å². The van der Waals surface area contributed by atoms with Crippen molar-refractivity contribution in [3.05, 3.63) is 24.0 Å². The monoisotopic (exact) mass is 289 g/mol. The molecular formula is C18H31N3. The highest BCUT2D eigenvalue weighted by Gasteiger charge is 2.19. The highest BCUT2D eigenvalue weighted by Crippen LogP contribution is 2.27. The Labute approximate surface area is 130 Å². The molecule has 1 N–H and O–H groups in total. The van der Waals surface area contributed by atoms with Crippen molar-refractivity contribution >= 4 is 5.69 Å². The molecule has 2 rings (SSSR count). The van der Waals surface area contributed by atoms with Crippen LogP contribution in [0.1, 0.15) is 57.9 Å². The molecule has 1 aliphatic carbocycles. The van der Waals surface area contributed by atoms with Gasteiger partial charge in [0.25, 0.3) is 0 Å². The van der Waals surface area contributed by atoms with E-state index in [1.54, 1.807) is 0 Å². The van der Waals surface area contributed by atoms with Gasteiger partial charge in [0.1, 0.15) is 0 Å². The Balaban J connectivity index is 2.03. The molecule has 21 heavy (non-hydrogen) atoms. The van der Waals surface area contributed by atoms with Crippen molar-refractivity contribution in [1.82, 2.24) is 10.3 Å². The average Bonchev–Trinajstić information content (AvgIpc) is 2.76. The van der Waals surface area contributed by atoms with E-state index in [-0.39, 0.29) is 0 Å². The van der Waals surface area contributed by atoms with Crippen LogP contribution < -0.4 is 10.2 Å². The number of anilines is 1. The molecule has 0 aromatic carbocycles. The van der Waals surface area contributed by atoms with Gasteiger partial charge in [-0.1, -0.05) is 39.5 Å². The molecule has 0 radical (unpaired) electrons. The first-order chi connectivity index (χ1) is 10.2. The molecule has 0 saturated heterocycles. The summed E-state index contributed by atoms with van der Waals surface area (Å²) in [5.41, 5.74) is 2.68. The molecule has 0 unspecified atom stereocenters. The molecule has 1 fully saturated rings. The molecule has 0 amide bonds. The van der Waals surface area contributed by atoms with Crippen LogP contribution in [-0.2, 0) is 6.54 Å². The van der Waals surface area contributed by atoms with Crippen LogP contribution in [0.2, 0.25) is 0 Å². The van der Waals surface area contributed by atoms with Crippen LogP contribution in [0, 0.1) is 5.92 Å². The fraction of sp³-hybridized carbons (Fsp3) is 0.722. The van der Waals surface area contributed by atoms with Gasteiger partial charge in [0.2, 0.25) is 0 Å². The Morgan fingerprint density at radius 2 is 1.95 bits per heavy atom. The summed E-state index contributed by atoms with van der Waals surface area (Å²) in [6.45, 7) is 6.50. The zero-order valence-electron chi connectivity index (χ0n) is 13.9. The minimum Gasteiger partial charge on any atom is -0.370 e. The maximum absolute atomic E-state index is 4.36. The van der Waals surface area contributed by atoms with Gasteiger partial charge < -0.3 is 10.2 Å². The number of pyridine rings is 1. The van der Waals surface area contributed by atoms with Gasteiger partial charge in [-0.05, 0) is 36.9 Å². The lowest BCUT2D eigenvalue weighted by Crippen LogP contribution is -2.32. The highest BCUT2D eigenvalue weighted by molar-refractivity contribution is 5.51. The molecule has 0 bridgehead atoms. The van der Waals surface area contributed by atoms with Crippen LogP contribution >= 0.6 is 0 Å². The number of nitrogens with zero attached hydrogens (tertiary/aromatic N) is 2. The molecule has 1 heterocycles. The van der Waals surface area contributed by atoms with Gasteiger partial charge in [-0.15, -0.1) is 0 Å². The lowest BCUT2D eigenvalue weighted by Gasteiger charge is -2.30. The average molecular weight is 289 g/mol. The molecule has 3 nitrogen and oxygen atoms in total. The SMILES string of the molecule is CC(C)CNCc1ccncc1N(C)C1CCCCCC1. The van der Waals surface area contributed by atoms with Crippen LogP contribution in [0.4, 0.5) is 5.69 Å². The maximum Gasteiger partial charge on any atom is 0.0598 e. The topological polar surface area (TPSA) is 28.2 Å². The van der Waals surface area contributed by atoms with Gasteiger partial charge in [-0.2, -0.15) is 0 Å². The normalized spacial score (nSPS) is 17.0. The Morgan fingerprint density at radius 1 is 1.24 bits per heavy atom. The van der Waals surface area contributed by atoms with Crippen molar-refractivity contribution in [1.29, 1.82) is 0 Å². The predicted molar refractivity (Wildman–Crippen MR) is 90.7 cm³/mol. The van der Waals surface area contributed by atoms with E-state index in [4.69, 9.17) is 0 Å². The molecule has 1 aromatic heterocycles. The first kappa shape index (κ1) is 16.3. The van der Waals surface area contributed by atoms with Crippen molar-refractivity contribution in [2.24, 2.45) is 5.92 Å². The third-order valence-corrected chi connectivity index (χ3v) is 4.51. The molecule has 0 aliphatic heterocycles. The third kappa shape index (κ3) is 4.99. The van der Waals surface area contributed by atoms with Crippen LogP contribution in [0.3, 0.4) is 0 Å². The van der Waals surface area contributed by atoms with Crippen molar-refractivity contribution in [2.45, 2.75) is 65.0 Å². The standard InChI is InChI=1S/C18H31N3/c1-15(2)12-20-13-16-10-11-19-14-18(16)21(3)17-8-6-4-5-7-9-17/h10-11,14-15,17,20H,4-9,12-13H2,1-3H3. The summed E-state index contributed by atoms with van der Waals surface area (Å²) in [5.74, 6) is 0.690. The quantitative estimate of drug-likeness (QED) is 0.803. The van der Waals surface area contributed by atoms with Crippen LogP contribution in [0.25, 0.3) is 0 Å². The predicted octanol–water partition coefficient (Wildman–Crippen LogP) is 3.99. The minimum absolute atomic E-state index is 0.681. The van der Waals surface area contributed by atoms with Crippen molar-refractivity contribution in [3.8, 4) is 0 Å². The number of nitrogens with one attached hydrogen (secondary N) is 1. The van der Waals surface area contributed by atoms with Gasteiger partial charge >= 0.3 is 0 Å². The second kappa shape index (κ2) is 8.38. The summed E-state index contributed by atoms with van der Waals surface area (Å²) < 4.78 is 0. The molecule has 1 aromatic rings. The molecule has 3 heteroatoms. The molecule has 1 aliphatic rings. The highest BCUT2D eigenvalue weighted by atomic mass is 15.1. The van der Waals surface area contributed by atoms with E-state index in [0.717, 1.165) is 13.1 Å². The summed E-state index contributed by atoms with van der Waals surface area (Å²) >= 11 is 0. The van der Waals surface area contributed by atoms with Gasteiger partial charge in [0.15, 0.2) is 0 Å². The molecule has 1 saturated carbocycles. The third-order valence-electron chi connectivity index (χ3n) is 4.51. The van der Waals surface area contributed by atoms with Crippen molar-refractivity contribution in [3.63, 3.8) is 0 Å². The zero-order valence-corrected chi connectivity index (χ0v) is 13.9. The number of hydrogen-bond acceptors (Lipinski definition) is 3. The Kier molecular flexibility index (Phi) is 6.50.